The molecule has 1 heterocycles. The number of pyridine rings is 1. The molecule has 1 aromatic heterocycles. The fourth-order valence-corrected chi connectivity index (χ4v) is 2.16. The molecule has 0 atom stereocenters. The summed E-state index contributed by atoms with van der Waals surface area (Å²) < 4.78 is 0. The number of anilines is 1. The fraction of sp³-hybridized carbons (Fsp3) is 0.0769. The first kappa shape index (κ1) is 13.6. The summed E-state index contributed by atoms with van der Waals surface area (Å²) in [6.45, 7) is 0. The summed E-state index contributed by atoms with van der Waals surface area (Å²) in [6.07, 6.45) is 1.34. The number of carboxylic acids is 1. The van der Waals surface area contributed by atoms with Crippen LogP contribution in [0, 0.1) is 0 Å². The predicted molar refractivity (Wildman–Crippen MR) is 75.4 cm³/mol. The Morgan fingerprint density at radius 2 is 2.00 bits per heavy atom. The lowest BCUT2D eigenvalue weighted by Crippen LogP contribution is -2.04. The van der Waals surface area contributed by atoms with E-state index in [-0.39, 0.29) is 12.2 Å². The van der Waals surface area contributed by atoms with Gasteiger partial charge in [-0.15, -0.1) is 0 Å². The molecular weight excluding hydrogens is 287 g/mol. The van der Waals surface area contributed by atoms with Gasteiger partial charge in [-0.1, -0.05) is 23.2 Å². The second kappa shape index (κ2) is 5.47. The van der Waals surface area contributed by atoms with Gasteiger partial charge in [-0.2, -0.15) is 0 Å². The van der Waals surface area contributed by atoms with Gasteiger partial charge in [0.15, 0.2) is 0 Å². The number of aromatic nitrogens is 1. The van der Waals surface area contributed by atoms with E-state index in [1.165, 1.54) is 12.3 Å². The SMILES string of the molecule is Nc1cc(CC(=O)O)c(-c2cc(Cl)ccc2Cl)cn1. The Hall–Kier alpha value is -1.78. The highest BCUT2D eigenvalue weighted by molar-refractivity contribution is 6.35. The third-order valence-electron chi connectivity index (χ3n) is 2.57. The van der Waals surface area contributed by atoms with Gasteiger partial charge in [-0.25, -0.2) is 4.98 Å². The van der Waals surface area contributed by atoms with Crippen LogP contribution in [-0.4, -0.2) is 16.1 Å². The first-order valence-corrected chi connectivity index (χ1v) is 6.14. The van der Waals surface area contributed by atoms with Gasteiger partial charge in [0.25, 0.3) is 0 Å². The van der Waals surface area contributed by atoms with Crippen LogP contribution in [-0.2, 0) is 11.2 Å². The van der Waals surface area contributed by atoms with Gasteiger partial charge < -0.3 is 10.8 Å². The maximum absolute atomic E-state index is 10.9. The van der Waals surface area contributed by atoms with Gasteiger partial charge in [0.1, 0.15) is 5.82 Å². The molecule has 0 amide bonds. The second-order valence-corrected chi connectivity index (χ2v) is 4.80. The lowest BCUT2D eigenvalue weighted by atomic mass is 9.99. The maximum atomic E-state index is 10.9. The van der Waals surface area contributed by atoms with Crippen molar-refractivity contribution in [2.45, 2.75) is 6.42 Å². The number of aliphatic carboxylic acids is 1. The molecule has 0 aliphatic rings. The minimum atomic E-state index is -0.954. The molecule has 0 spiro atoms. The van der Waals surface area contributed by atoms with E-state index in [0.717, 1.165) is 0 Å². The van der Waals surface area contributed by atoms with E-state index in [0.29, 0.717) is 26.7 Å². The van der Waals surface area contributed by atoms with Crippen molar-refractivity contribution < 1.29 is 9.90 Å². The molecule has 6 heteroatoms. The number of carboxylic acid groups (broad SMARTS) is 1. The molecule has 0 aliphatic carbocycles. The van der Waals surface area contributed by atoms with Gasteiger partial charge >= 0.3 is 5.97 Å². The van der Waals surface area contributed by atoms with E-state index in [2.05, 4.69) is 4.98 Å². The smallest absolute Gasteiger partial charge is 0.307 e. The number of hydrogen-bond acceptors (Lipinski definition) is 3. The average Bonchev–Trinajstić information content (AvgIpc) is 2.32. The first-order chi connectivity index (χ1) is 8.97. The minimum Gasteiger partial charge on any atom is -0.481 e. The van der Waals surface area contributed by atoms with Crippen LogP contribution in [0.15, 0.2) is 30.5 Å². The average molecular weight is 297 g/mol. The number of rotatable bonds is 3. The number of nitrogens with zero attached hydrogens (tertiary/aromatic N) is 1. The highest BCUT2D eigenvalue weighted by Gasteiger charge is 2.13. The van der Waals surface area contributed by atoms with Crippen molar-refractivity contribution >= 4 is 35.0 Å². The van der Waals surface area contributed by atoms with Crippen LogP contribution in [0.4, 0.5) is 5.82 Å². The second-order valence-electron chi connectivity index (χ2n) is 3.96. The molecule has 0 radical (unpaired) electrons. The van der Waals surface area contributed by atoms with Crippen molar-refractivity contribution in [1.82, 2.24) is 4.98 Å². The molecule has 0 saturated heterocycles. The van der Waals surface area contributed by atoms with Crippen LogP contribution in [0.2, 0.25) is 10.0 Å². The number of nitrogen functional groups attached to an aromatic ring is 1. The van der Waals surface area contributed by atoms with E-state index in [9.17, 15) is 4.79 Å². The van der Waals surface area contributed by atoms with Crippen LogP contribution in [0.25, 0.3) is 11.1 Å². The van der Waals surface area contributed by atoms with E-state index in [1.807, 2.05) is 0 Å². The fourth-order valence-electron chi connectivity index (χ4n) is 1.77. The van der Waals surface area contributed by atoms with Crippen LogP contribution in [0.5, 0.6) is 0 Å². The van der Waals surface area contributed by atoms with Gasteiger partial charge in [0, 0.05) is 27.4 Å². The van der Waals surface area contributed by atoms with Crippen molar-refractivity contribution in [3.05, 3.63) is 46.1 Å². The summed E-state index contributed by atoms with van der Waals surface area (Å²) in [6, 6.07) is 6.51. The molecule has 19 heavy (non-hydrogen) atoms. The molecule has 0 fully saturated rings. The van der Waals surface area contributed by atoms with Crippen molar-refractivity contribution in [1.29, 1.82) is 0 Å². The van der Waals surface area contributed by atoms with Crippen molar-refractivity contribution in [2.24, 2.45) is 0 Å². The molecule has 98 valence electrons. The van der Waals surface area contributed by atoms with Gasteiger partial charge in [0.2, 0.25) is 0 Å². The monoisotopic (exact) mass is 296 g/mol. The summed E-state index contributed by atoms with van der Waals surface area (Å²) in [5.41, 5.74) is 7.38. The zero-order valence-electron chi connectivity index (χ0n) is 9.73. The highest BCUT2D eigenvalue weighted by Crippen LogP contribution is 2.33. The molecule has 0 aliphatic heterocycles. The van der Waals surface area contributed by atoms with E-state index >= 15 is 0 Å². The summed E-state index contributed by atoms with van der Waals surface area (Å²) in [4.78, 5) is 14.9. The molecule has 0 bridgehead atoms. The van der Waals surface area contributed by atoms with E-state index in [1.54, 1.807) is 18.2 Å². The van der Waals surface area contributed by atoms with Crippen molar-refractivity contribution in [2.75, 3.05) is 5.73 Å². The van der Waals surface area contributed by atoms with E-state index < -0.39 is 5.97 Å². The van der Waals surface area contributed by atoms with E-state index in [4.69, 9.17) is 34.0 Å². The van der Waals surface area contributed by atoms with Gasteiger partial charge in [-0.3, -0.25) is 4.79 Å². The third-order valence-corrected chi connectivity index (χ3v) is 3.14. The minimum absolute atomic E-state index is 0.162. The topological polar surface area (TPSA) is 76.2 Å². The number of carbonyl (C=O) groups is 1. The Kier molecular flexibility index (Phi) is 3.93. The molecule has 0 unspecified atom stereocenters. The third kappa shape index (κ3) is 3.16. The molecular formula is C13H10Cl2N2O2. The Labute approximate surface area is 119 Å². The Bertz CT molecular complexity index is 645. The number of hydrogen-bond donors (Lipinski definition) is 2. The number of benzene rings is 1. The zero-order chi connectivity index (χ0) is 14.0. The molecule has 4 nitrogen and oxygen atoms in total. The molecule has 3 N–H and O–H groups in total. The van der Waals surface area contributed by atoms with Crippen LogP contribution in [0.3, 0.4) is 0 Å². The quantitative estimate of drug-likeness (QED) is 0.911. The Morgan fingerprint density at radius 1 is 1.26 bits per heavy atom. The Balaban J connectivity index is 2.60. The maximum Gasteiger partial charge on any atom is 0.307 e. The Morgan fingerprint density at radius 3 is 2.68 bits per heavy atom. The van der Waals surface area contributed by atoms with Gasteiger partial charge in [0.05, 0.1) is 6.42 Å². The van der Waals surface area contributed by atoms with Crippen molar-refractivity contribution in [3.8, 4) is 11.1 Å². The zero-order valence-corrected chi connectivity index (χ0v) is 11.2. The lowest BCUT2D eigenvalue weighted by Gasteiger charge is -2.10. The van der Waals surface area contributed by atoms with Crippen LogP contribution >= 0.6 is 23.2 Å². The first-order valence-electron chi connectivity index (χ1n) is 5.39. The lowest BCUT2D eigenvalue weighted by molar-refractivity contribution is -0.136. The largest absolute Gasteiger partial charge is 0.481 e. The highest BCUT2D eigenvalue weighted by atomic mass is 35.5. The summed E-state index contributed by atoms with van der Waals surface area (Å²) in [5.74, 6) is -0.692. The van der Waals surface area contributed by atoms with Crippen LogP contribution in [0.1, 0.15) is 5.56 Å². The molecule has 0 saturated carbocycles. The molecule has 2 rings (SSSR count). The normalized spacial score (nSPS) is 10.4. The van der Waals surface area contributed by atoms with Crippen molar-refractivity contribution in [3.63, 3.8) is 0 Å². The number of nitrogens with two attached hydrogens (primary N) is 1. The van der Waals surface area contributed by atoms with Gasteiger partial charge in [-0.05, 0) is 29.8 Å². The summed E-state index contributed by atoms with van der Waals surface area (Å²) in [5, 5.41) is 9.92. The summed E-state index contributed by atoms with van der Waals surface area (Å²) in [7, 11) is 0. The predicted octanol–water partition coefficient (Wildman–Crippen LogP) is 3.26. The van der Waals surface area contributed by atoms with Crippen LogP contribution < -0.4 is 5.73 Å². The molecule has 2 aromatic rings. The number of halogens is 2. The standard InChI is InChI=1S/C13H10Cl2N2O2/c14-8-1-2-11(15)9(5-8)10-6-17-12(16)3-7(10)4-13(18)19/h1-3,5-6H,4H2,(H2,16,17)(H,18,19). The molecule has 1 aromatic carbocycles. The summed E-state index contributed by atoms with van der Waals surface area (Å²) >= 11 is 12.0.